The molecule has 174 valence electrons. The smallest absolute Gasteiger partial charge is 0.333 e. The largest absolute Gasteiger partial charge is 0.390 e. The third-order valence-electron chi connectivity index (χ3n) is 6.40. The van der Waals surface area contributed by atoms with Gasteiger partial charge >= 0.3 is 5.69 Å². The SMILES string of the molecule is CCNc1cc(-c2ccc3ncc4c(c3c2)n(-c2c(C)nn(C)c2C)c(=O)n4C)cnc1CO. The second kappa shape index (κ2) is 8.11. The fraction of sp³-hybridized carbons (Fsp3) is 0.280. The Morgan fingerprint density at radius 1 is 1.06 bits per heavy atom. The first-order chi connectivity index (χ1) is 16.3. The summed E-state index contributed by atoms with van der Waals surface area (Å²) in [6.07, 6.45) is 3.51. The fourth-order valence-corrected chi connectivity index (χ4v) is 4.59. The molecule has 4 heterocycles. The Labute approximate surface area is 196 Å². The van der Waals surface area contributed by atoms with E-state index in [4.69, 9.17) is 0 Å². The number of hydrogen-bond donors (Lipinski definition) is 2. The van der Waals surface area contributed by atoms with Gasteiger partial charge in [-0.1, -0.05) is 6.07 Å². The average Bonchev–Trinajstić information content (AvgIpc) is 3.24. The van der Waals surface area contributed by atoms with Gasteiger partial charge in [-0.05, 0) is 44.5 Å². The Balaban J connectivity index is 1.82. The molecule has 5 rings (SSSR count). The van der Waals surface area contributed by atoms with Crippen molar-refractivity contribution in [1.29, 1.82) is 0 Å². The Bertz CT molecular complexity index is 1620. The molecule has 4 aromatic heterocycles. The normalized spacial score (nSPS) is 11.6. The lowest BCUT2D eigenvalue weighted by Gasteiger charge is -2.12. The van der Waals surface area contributed by atoms with Crippen LogP contribution in [0.5, 0.6) is 0 Å². The number of nitrogens with one attached hydrogen (secondary N) is 1. The van der Waals surface area contributed by atoms with Crippen LogP contribution in [0.1, 0.15) is 24.0 Å². The Morgan fingerprint density at radius 2 is 1.85 bits per heavy atom. The maximum atomic E-state index is 13.4. The summed E-state index contributed by atoms with van der Waals surface area (Å²) >= 11 is 0. The predicted octanol–water partition coefficient (Wildman–Crippen LogP) is 3.21. The van der Waals surface area contributed by atoms with Crippen molar-refractivity contribution in [1.82, 2.24) is 28.9 Å². The summed E-state index contributed by atoms with van der Waals surface area (Å²) in [5.41, 5.74) is 7.95. The summed E-state index contributed by atoms with van der Waals surface area (Å²) in [7, 11) is 3.64. The number of aliphatic hydroxyl groups is 1. The molecule has 0 saturated carbocycles. The van der Waals surface area contributed by atoms with E-state index in [9.17, 15) is 9.90 Å². The van der Waals surface area contributed by atoms with Crippen LogP contribution in [0.4, 0.5) is 5.69 Å². The van der Waals surface area contributed by atoms with Gasteiger partial charge in [0.1, 0.15) is 0 Å². The van der Waals surface area contributed by atoms with Crippen molar-refractivity contribution in [3.05, 3.63) is 64.2 Å². The van der Waals surface area contributed by atoms with Gasteiger partial charge < -0.3 is 10.4 Å². The highest BCUT2D eigenvalue weighted by atomic mass is 16.3. The summed E-state index contributed by atoms with van der Waals surface area (Å²) in [6, 6.07) is 8.00. The number of benzene rings is 1. The van der Waals surface area contributed by atoms with E-state index in [1.807, 2.05) is 52.1 Å². The summed E-state index contributed by atoms with van der Waals surface area (Å²) in [4.78, 5) is 22.5. The average molecular weight is 458 g/mol. The molecule has 0 aliphatic heterocycles. The van der Waals surface area contributed by atoms with Crippen LogP contribution >= 0.6 is 0 Å². The minimum Gasteiger partial charge on any atom is -0.390 e. The molecule has 0 spiro atoms. The molecule has 0 saturated heterocycles. The minimum atomic E-state index is -0.141. The van der Waals surface area contributed by atoms with Crippen LogP contribution in [0, 0.1) is 13.8 Å². The van der Waals surface area contributed by atoms with Crippen LogP contribution in [0.25, 0.3) is 38.8 Å². The summed E-state index contributed by atoms with van der Waals surface area (Å²) in [5, 5.41) is 18.3. The molecule has 0 fully saturated rings. The van der Waals surface area contributed by atoms with Crippen LogP contribution < -0.4 is 11.0 Å². The van der Waals surface area contributed by atoms with Crippen molar-refractivity contribution in [2.24, 2.45) is 14.1 Å². The highest BCUT2D eigenvalue weighted by Gasteiger charge is 2.21. The Hall–Kier alpha value is -3.98. The van der Waals surface area contributed by atoms with Crippen molar-refractivity contribution < 1.29 is 5.11 Å². The molecule has 9 heteroatoms. The minimum absolute atomic E-state index is 0.134. The van der Waals surface area contributed by atoms with E-state index in [0.29, 0.717) is 5.69 Å². The fourth-order valence-electron chi connectivity index (χ4n) is 4.59. The second-order valence-corrected chi connectivity index (χ2v) is 8.45. The van der Waals surface area contributed by atoms with Crippen LogP contribution in [-0.2, 0) is 20.7 Å². The quantitative estimate of drug-likeness (QED) is 0.420. The standard InChI is InChI=1S/C25H27N7O2/c1-6-26-20-10-17(11-27-21(20)13-33)16-7-8-19-18(9-16)24-22(12-28-19)30(4)25(34)32(24)23-14(2)29-31(5)15(23)3/h7-12,26,33H,6,13H2,1-5H3. The first kappa shape index (κ1) is 21.8. The van der Waals surface area contributed by atoms with E-state index in [2.05, 4.69) is 20.4 Å². The van der Waals surface area contributed by atoms with Crippen LogP contribution in [-0.4, -0.2) is 40.5 Å². The Morgan fingerprint density at radius 3 is 2.53 bits per heavy atom. The third kappa shape index (κ3) is 3.19. The van der Waals surface area contributed by atoms with Gasteiger partial charge in [0.05, 0.1) is 57.8 Å². The van der Waals surface area contributed by atoms with Crippen molar-refractivity contribution in [2.75, 3.05) is 11.9 Å². The number of anilines is 1. The molecule has 0 radical (unpaired) electrons. The van der Waals surface area contributed by atoms with Gasteiger partial charge in [-0.3, -0.25) is 23.8 Å². The topological polar surface area (TPSA) is 103 Å². The lowest BCUT2D eigenvalue weighted by Crippen LogP contribution is -2.21. The number of imidazole rings is 1. The lowest BCUT2D eigenvalue weighted by molar-refractivity contribution is 0.277. The van der Waals surface area contributed by atoms with Gasteiger partial charge in [0.2, 0.25) is 0 Å². The molecule has 0 unspecified atom stereocenters. The molecular weight excluding hydrogens is 430 g/mol. The number of rotatable bonds is 5. The molecule has 1 aromatic carbocycles. The first-order valence-corrected chi connectivity index (χ1v) is 11.2. The van der Waals surface area contributed by atoms with Crippen molar-refractivity contribution in [3.8, 4) is 16.8 Å². The molecule has 0 atom stereocenters. The third-order valence-corrected chi connectivity index (χ3v) is 6.40. The van der Waals surface area contributed by atoms with Crippen LogP contribution in [0.2, 0.25) is 0 Å². The van der Waals surface area contributed by atoms with Crippen LogP contribution in [0.15, 0.2) is 41.5 Å². The lowest BCUT2D eigenvalue weighted by atomic mass is 10.0. The number of hydrogen-bond acceptors (Lipinski definition) is 6. The first-order valence-electron chi connectivity index (χ1n) is 11.2. The molecule has 0 bridgehead atoms. The van der Waals surface area contributed by atoms with Gasteiger partial charge in [0.25, 0.3) is 0 Å². The van der Waals surface area contributed by atoms with Gasteiger partial charge in [-0.15, -0.1) is 0 Å². The molecule has 0 amide bonds. The van der Waals surface area contributed by atoms with Gasteiger partial charge in [0.15, 0.2) is 0 Å². The van der Waals surface area contributed by atoms with Gasteiger partial charge in [0, 0.05) is 37.8 Å². The highest BCUT2D eigenvalue weighted by Crippen LogP contribution is 2.32. The van der Waals surface area contributed by atoms with E-state index >= 15 is 0 Å². The zero-order chi connectivity index (χ0) is 24.1. The van der Waals surface area contributed by atoms with E-state index < -0.39 is 0 Å². The number of fused-ring (bicyclic) bond motifs is 3. The van der Waals surface area contributed by atoms with E-state index in [1.165, 1.54) is 0 Å². The second-order valence-electron chi connectivity index (χ2n) is 8.45. The number of aliphatic hydroxyl groups excluding tert-OH is 1. The molecule has 9 nitrogen and oxygen atoms in total. The Kier molecular flexibility index (Phi) is 5.21. The number of aryl methyl sites for hydroxylation is 3. The maximum Gasteiger partial charge on any atom is 0.333 e. The predicted molar refractivity (Wildman–Crippen MR) is 133 cm³/mol. The zero-order valence-electron chi connectivity index (χ0n) is 19.9. The number of pyridine rings is 2. The molecular formula is C25H27N7O2. The van der Waals surface area contributed by atoms with Crippen LogP contribution in [0.3, 0.4) is 0 Å². The van der Waals surface area contributed by atoms with E-state index in [1.54, 1.807) is 33.3 Å². The van der Waals surface area contributed by atoms with Gasteiger partial charge in [-0.25, -0.2) is 4.79 Å². The van der Waals surface area contributed by atoms with Crippen molar-refractivity contribution >= 4 is 27.6 Å². The van der Waals surface area contributed by atoms with E-state index in [-0.39, 0.29) is 12.3 Å². The van der Waals surface area contributed by atoms with E-state index in [0.717, 1.165) is 62.4 Å². The monoisotopic (exact) mass is 457 g/mol. The highest BCUT2D eigenvalue weighted by molar-refractivity contribution is 6.04. The molecule has 0 aliphatic rings. The molecule has 2 N–H and O–H groups in total. The molecule has 5 aromatic rings. The van der Waals surface area contributed by atoms with Gasteiger partial charge in [-0.2, -0.15) is 5.10 Å². The summed E-state index contributed by atoms with van der Waals surface area (Å²) in [5.74, 6) is 0. The summed E-state index contributed by atoms with van der Waals surface area (Å²) in [6.45, 7) is 6.47. The number of aromatic nitrogens is 6. The molecule has 34 heavy (non-hydrogen) atoms. The van der Waals surface area contributed by atoms with Crippen molar-refractivity contribution in [2.45, 2.75) is 27.4 Å². The van der Waals surface area contributed by atoms with Crippen molar-refractivity contribution in [3.63, 3.8) is 0 Å². The summed E-state index contributed by atoms with van der Waals surface area (Å²) < 4.78 is 5.17. The maximum absolute atomic E-state index is 13.4. The zero-order valence-corrected chi connectivity index (χ0v) is 19.9. The number of nitrogens with zero attached hydrogens (tertiary/aromatic N) is 6. The molecule has 0 aliphatic carbocycles.